The highest BCUT2D eigenvalue weighted by atomic mass is 32.1. The SMILES string of the molecule is Cc1ccc(C(=O)NC(=Cc2cccs2)C(=O)NCc2ccccc2F)cc1C. The topological polar surface area (TPSA) is 58.2 Å². The summed E-state index contributed by atoms with van der Waals surface area (Å²) in [6.45, 7) is 3.91. The Kier molecular flexibility index (Phi) is 6.57. The molecule has 1 heterocycles. The molecule has 0 aliphatic rings. The van der Waals surface area contributed by atoms with Crippen LogP contribution in [0.3, 0.4) is 0 Å². The van der Waals surface area contributed by atoms with Crippen molar-refractivity contribution in [1.29, 1.82) is 0 Å². The van der Waals surface area contributed by atoms with Crippen molar-refractivity contribution in [2.24, 2.45) is 0 Å². The summed E-state index contributed by atoms with van der Waals surface area (Å²) in [5.41, 5.74) is 3.01. The first kappa shape index (κ1) is 20.5. The summed E-state index contributed by atoms with van der Waals surface area (Å²) >= 11 is 1.45. The number of rotatable bonds is 6. The Morgan fingerprint density at radius 3 is 2.52 bits per heavy atom. The van der Waals surface area contributed by atoms with Gasteiger partial charge in [0.05, 0.1) is 0 Å². The average Bonchev–Trinajstić information content (AvgIpc) is 3.21. The van der Waals surface area contributed by atoms with Crippen molar-refractivity contribution in [2.45, 2.75) is 20.4 Å². The summed E-state index contributed by atoms with van der Waals surface area (Å²) in [5.74, 6) is -1.26. The first-order valence-corrected chi connectivity index (χ1v) is 9.97. The Hall–Kier alpha value is -3.25. The minimum absolute atomic E-state index is 0.0206. The van der Waals surface area contributed by atoms with Gasteiger partial charge in [-0.1, -0.05) is 30.3 Å². The third kappa shape index (κ3) is 5.39. The van der Waals surface area contributed by atoms with Gasteiger partial charge in [0.25, 0.3) is 11.8 Å². The van der Waals surface area contributed by atoms with Crippen molar-refractivity contribution in [3.63, 3.8) is 0 Å². The Morgan fingerprint density at radius 2 is 1.83 bits per heavy atom. The van der Waals surface area contributed by atoms with Crippen LogP contribution in [0.25, 0.3) is 6.08 Å². The number of amides is 2. The molecule has 0 unspecified atom stereocenters. The van der Waals surface area contributed by atoms with E-state index in [2.05, 4.69) is 10.6 Å². The second kappa shape index (κ2) is 9.30. The standard InChI is InChI=1S/C23H21FN2O2S/c1-15-9-10-17(12-16(15)2)22(27)26-21(13-19-7-5-11-29-19)23(28)25-14-18-6-3-4-8-20(18)24/h3-13H,14H2,1-2H3,(H,25,28)(H,26,27). The normalized spacial score (nSPS) is 11.2. The zero-order chi connectivity index (χ0) is 20.8. The van der Waals surface area contributed by atoms with Crippen LogP contribution in [0.5, 0.6) is 0 Å². The van der Waals surface area contributed by atoms with Crippen LogP contribution in [0.15, 0.2) is 65.7 Å². The van der Waals surface area contributed by atoms with Gasteiger partial charge in [-0.3, -0.25) is 9.59 Å². The van der Waals surface area contributed by atoms with Gasteiger partial charge in [-0.25, -0.2) is 4.39 Å². The summed E-state index contributed by atoms with van der Waals surface area (Å²) in [4.78, 5) is 26.2. The molecule has 0 saturated heterocycles. The fraction of sp³-hybridized carbons (Fsp3) is 0.130. The van der Waals surface area contributed by atoms with Crippen LogP contribution < -0.4 is 10.6 Å². The highest BCUT2D eigenvalue weighted by Crippen LogP contribution is 2.15. The van der Waals surface area contributed by atoms with E-state index in [0.29, 0.717) is 11.1 Å². The number of carbonyl (C=O) groups excluding carboxylic acids is 2. The number of aryl methyl sites for hydroxylation is 2. The van der Waals surface area contributed by atoms with Crippen molar-refractivity contribution in [3.05, 3.63) is 98.6 Å². The number of nitrogens with one attached hydrogen (secondary N) is 2. The van der Waals surface area contributed by atoms with Crippen LogP contribution in [-0.4, -0.2) is 11.8 Å². The highest BCUT2D eigenvalue weighted by molar-refractivity contribution is 7.10. The molecule has 6 heteroatoms. The van der Waals surface area contributed by atoms with Gasteiger partial charge in [0, 0.05) is 22.5 Å². The molecule has 0 radical (unpaired) electrons. The number of thiophene rings is 1. The van der Waals surface area contributed by atoms with Gasteiger partial charge < -0.3 is 10.6 Å². The van der Waals surface area contributed by atoms with Crippen molar-refractivity contribution in [1.82, 2.24) is 10.6 Å². The molecule has 0 saturated carbocycles. The largest absolute Gasteiger partial charge is 0.347 e. The maximum absolute atomic E-state index is 13.8. The molecule has 3 aromatic rings. The molecule has 1 aromatic heterocycles. The van der Waals surface area contributed by atoms with Gasteiger partial charge >= 0.3 is 0 Å². The van der Waals surface area contributed by atoms with E-state index in [0.717, 1.165) is 16.0 Å². The van der Waals surface area contributed by atoms with E-state index in [1.54, 1.807) is 36.4 Å². The number of hydrogen-bond acceptors (Lipinski definition) is 3. The second-order valence-electron chi connectivity index (χ2n) is 6.60. The maximum atomic E-state index is 13.8. The van der Waals surface area contributed by atoms with Gasteiger partial charge in [0.1, 0.15) is 11.5 Å². The zero-order valence-corrected chi connectivity index (χ0v) is 17.0. The summed E-state index contributed by atoms with van der Waals surface area (Å²) in [6, 6.07) is 15.3. The van der Waals surface area contributed by atoms with Crippen LogP contribution in [0.2, 0.25) is 0 Å². The van der Waals surface area contributed by atoms with E-state index >= 15 is 0 Å². The summed E-state index contributed by atoms with van der Waals surface area (Å²) < 4.78 is 13.8. The molecule has 0 fully saturated rings. The second-order valence-corrected chi connectivity index (χ2v) is 7.58. The van der Waals surface area contributed by atoms with Crippen LogP contribution in [0.4, 0.5) is 4.39 Å². The first-order chi connectivity index (χ1) is 13.9. The molecular weight excluding hydrogens is 387 g/mol. The fourth-order valence-electron chi connectivity index (χ4n) is 2.66. The van der Waals surface area contributed by atoms with E-state index in [4.69, 9.17) is 0 Å². The minimum Gasteiger partial charge on any atom is -0.347 e. The van der Waals surface area contributed by atoms with Crippen molar-refractivity contribution in [3.8, 4) is 0 Å². The van der Waals surface area contributed by atoms with Gasteiger partial charge in [-0.05, 0) is 60.7 Å². The van der Waals surface area contributed by atoms with Crippen LogP contribution >= 0.6 is 11.3 Å². The summed E-state index contributed by atoms with van der Waals surface area (Å²) in [5, 5.41) is 7.25. The zero-order valence-electron chi connectivity index (χ0n) is 16.2. The maximum Gasteiger partial charge on any atom is 0.268 e. The lowest BCUT2D eigenvalue weighted by Gasteiger charge is -2.12. The predicted octanol–water partition coefficient (Wildman–Crippen LogP) is 4.59. The molecule has 2 N–H and O–H groups in total. The fourth-order valence-corrected chi connectivity index (χ4v) is 3.32. The van der Waals surface area contributed by atoms with E-state index in [-0.39, 0.29) is 18.1 Å². The molecule has 4 nitrogen and oxygen atoms in total. The number of hydrogen-bond donors (Lipinski definition) is 2. The lowest BCUT2D eigenvalue weighted by Crippen LogP contribution is -2.34. The molecule has 3 rings (SSSR count). The average molecular weight is 408 g/mol. The molecule has 0 spiro atoms. The third-order valence-corrected chi connectivity index (χ3v) is 5.31. The number of carbonyl (C=O) groups is 2. The number of halogens is 1. The van der Waals surface area contributed by atoms with Gasteiger partial charge in [0.2, 0.25) is 0 Å². The van der Waals surface area contributed by atoms with Gasteiger partial charge in [0.15, 0.2) is 0 Å². The van der Waals surface area contributed by atoms with E-state index in [1.165, 1.54) is 17.4 Å². The molecule has 2 aromatic carbocycles. The predicted molar refractivity (Wildman–Crippen MR) is 114 cm³/mol. The van der Waals surface area contributed by atoms with E-state index in [1.807, 2.05) is 37.4 Å². The summed E-state index contributed by atoms with van der Waals surface area (Å²) in [7, 11) is 0. The van der Waals surface area contributed by atoms with Crippen molar-refractivity contribution < 1.29 is 14.0 Å². The monoisotopic (exact) mass is 408 g/mol. The Morgan fingerprint density at radius 1 is 1.03 bits per heavy atom. The summed E-state index contributed by atoms with van der Waals surface area (Å²) in [6.07, 6.45) is 1.61. The van der Waals surface area contributed by atoms with Crippen LogP contribution in [0, 0.1) is 19.7 Å². The Labute approximate surface area is 173 Å². The molecule has 148 valence electrons. The first-order valence-electron chi connectivity index (χ1n) is 9.09. The number of benzene rings is 2. The Balaban J connectivity index is 1.79. The Bertz CT molecular complexity index is 1060. The quantitative estimate of drug-likeness (QED) is 0.586. The highest BCUT2D eigenvalue weighted by Gasteiger charge is 2.16. The molecule has 2 amide bonds. The lowest BCUT2D eigenvalue weighted by atomic mass is 10.1. The van der Waals surface area contributed by atoms with Crippen LogP contribution in [0.1, 0.15) is 31.9 Å². The molecule has 0 aliphatic heterocycles. The van der Waals surface area contributed by atoms with Gasteiger partial charge in [-0.15, -0.1) is 11.3 Å². The molecule has 0 bridgehead atoms. The molecule has 0 aliphatic carbocycles. The lowest BCUT2D eigenvalue weighted by molar-refractivity contribution is -0.117. The van der Waals surface area contributed by atoms with Crippen LogP contribution in [-0.2, 0) is 11.3 Å². The molecular formula is C23H21FN2O2S. The third-order valence-electron chi connectivity index (χ3n) is 4.49. The van der Waals surface area contributed by atoms with Crippen molar-refractivity contribution in [2.75, 3.05) is 0 Å². The molecule has 29 heavy (non-hydrogen) atoms. The van der Waals surface area contributed by atoms with E-state index < -0.39 is 11.7 Å². The van der Waals surface area contributed by atoms with E-state index in [9.17, 15) is 14.0 Å². The minimum atomic E-state index is -0.487. The van der Waals surface area contributed by atoms with Crippen molar-refractivity contribution >= 4 is 29.2 Å². The molecule has 0 atom stereocenters. The van der Waals surface area contributed by atoms with Gasteiger partial charge in [-0.2, -0.15) is 0 Å². The smallest absolute Gasteiger partial charge is 0.268 e.